The van der Waals surface area contributed by atoms with Crippen LogP contribution in [0, 0.1) is 0 Å². The quantitative estimate of drug-likeness (QED) is 0.164. The van der Waals surface area contributed by atoms with E-state index in [1.165, 1.54) is 77.2 Å². The molecule has 0 radical (unpaired) electrons. The van der Waals surface area contributed by atoms with Crippen molar-refractivity contribution in [3.05, 3.63) is 206 Å². The second kappa shape index (κ2) is 12.9. The summed E-state index contributed by atoms with van der Waals surface area (Å²) in [4.78, 5) is 0. The molecule has 0 unspecified atom stereocenters. The largest absolute Gasteiger partial charge is 0.456 e. The molecule has 2 aromatic heterocycles. The van der Waals surface area contributed by atoms with Crippen molar-refractivity contribution in [1.29, 1.82) is 0 Å². The average Bonchev–Trinajstić information content (AvgIpc) is 3.86. The Morgan fingerprint density at radius 3 is 1.03 bits per heavy atom. The van der Waals surface area contributed by atoms with E-state index in [1.807, 2.05) is 24.3 Å². The highest BCUT2D eigenvalue weighted by Crippen LogP contribution is 2.46. The van der Waals surface area contributed by atoms with Gasteiger partial charge in [0, 0.05) is 21.5 Å². The van der Waals surface area contributed by atoms with Crippen LogP contribution in [-0.2, 0) is 0 Å². The van der Waals surface area contributed by atoms with Crippen molar-refractivity contribution in [1.82, 2.24) is 0 Å². The molecular formula is C56H34O2. The molecule has 0 aliphatic rings. The molecule has 10 aromatic carbocycles. The van der Waals surface area contributed by atoms with Crippen molar-refractivity contribution in [2.24, 2.45) is 0 Å². The molecule has 0 aliphatic heterocycles. The predicted molar refractivity (Wildman–Crippen MR) is 243 cm³/mol. The van der Waals surface area contributed by atoms with E-state index >= 15 is 0 Å². The second-order valence-electron chi connectivity index (χ2n) is 15.2. The summed E-state index contributed by atoms with van der Waals surface area (Å²) in [7, 11) is 0. The van der Waals surface area contributed by atoms with Gasteiger partial charge in [0.25, 0.3) is 0 Å². The van der Waals surface area contributed by atoms with Gasteiger partial charge in [-0.05, 0) is 120 Å². The maximum atomic E-state index is 6.13. The van der Waals surface area contributed by atoms with Crippen LogP contribution in [0.1, 0.15) is 0 Å². The third kappa shape index (κ3) is 5.19. The lowest BCUT2D eigenvalue weighted by Crippen LogP contribution is -1.92. The van der Waals surface area contributed by atoms with Gasteiger partial charge in [-0.25, -0.2) is 0 Å². The Kier molecular flexibility index (Phi) is 7.26. The molecular weight excluding hydrogens is 705 g/mol. The fourth-order valence-electron chi connectivity index (χ4n) is 9.08. The summed E-state index contributed by atoms with van der Waals surface area (Å²) in [5.74, 6) is 0. The van der Waals surface area contributed by atoms with Gasteiger partial charge in [0.1, 0.15) is 22.3 Å². The average molecular weight is 739 g/mol. The zero-order valence-electron chi connectivity index (χ0n) is 31.4. The molecule has 0 amide bonds. The Morgan fingerprint density at radius 1 is 0.190 bits per heavy atom. The molecule has 2 heterocycles. The monoisotopic (exact) mass is 738 g/mol. The van der Waals surface area contributed by atoms with E-state index in [2.05, 4.69) is 182 Å². The number of hydrogen-bond acceptors (Lipinski definition) is 2. The number of rotatable bonds is 5. The Balaban J connectivity index is 1.01. The number of benzene rings is 10. The summed E-state index contributed by atoms with van der Waals surface area (Å²) in [5, 5.41) is 9.49. The molecule has 0 fully saturated rings. The minimum Gasteiger partial charge on any atom is -0.456 e. The number of fused-ring (bicyclic) bond motifs is 8. The van der Waals surface area contributed by atoms with Gasteiger partial charge in [0.2, 0.25) is 0 Å². The van der Waals surface area contributed by atoms with E-state index in [0.717, 1.165) is 43.9 Å². The summed E-state index contributed by atoms with van der Waals surface area (Å²) in [5.41, 5.74) is 15.6. The van der Waals surface area contributed by atoms with Crippen LogP contribution in [0.15, 0.2) is 215 Å². The lowest BCUT2D eigenvalue weighted by atomic mass is 9.84. The number of para-hydroxylation sites is 2. The summed E-state index contributed by atoms with van der Waals surface area (Å²) in [6.45, 7) is 0. The van der Waals surface area contributed by atoms with Crippen molar-refractivity contribution < 1.29 is 8.83 Å². The van der Waals surface area contributed by atoms with Gasteiger partial charge >= 0.3 is 0 Å². The Hall–Kier alpha value is -7.68. The third-order valence-electron chi connectivity index (χ3n) is 11.9. The lowest BCUT2D eigenvalue weighted by molar-refractivity contribution is 0.668. The highest BCUT2D eigenvalue weighted by Gasteiger charge is 2.19. The molecule has 58 heavy (non-hydrogen) atoms. The third-order valence-corrected chi connectivity index (χ3v) is 11.9. The van der Waals surface area contributed by atoms with Crippen LogP contribution in [0.5, 0.6) is 0 Å². The topological polar surface area (TPSA) is 26.3 Å². The minimum absolute atomic E-state index is 0.910. The van der Waals surface area contributed by atoms with Crippen LogP contribution in [-0.4, -0.2) is 0 Å². The normalized spacial score (nSPS) is 11.8. The Labute approximate surface area is 334 Å². The molecule has 270 valence electrons. The van der Waals surface area contributed by atoms with Crippen LogP contribution in [0.4, 0.5) is 0 Å². The number of hydrogen-bond donors (Lipinski definition) is 0. The van der Waals surface area contributed by atoms with Crippen molar-refractivity contribution in [2.45, 2.75) is 0 Å². The van der Waals surface area contributed by atoms with Gasteiger partial charge in [-0.2, -0.15) is 0 Å². The molecule has 12 aromatic rings. The predicted octanol–water partition coefficient (Wildman–Crippen LogP) is 16.1. The van der Waals surface area contributed by atoms with Gasteiger partial charge in [0.05, 0.1) is 0 Å². The van der Waals surface area contributed by atoms with Crippen LogP contribution in [0.2, 0.25) is 0 Å². The van der Waals surface area contributed by atoms with E-state index in [4.69, 9.17) is 8.83 Å². The van der Waals surface area contributed by atoms with E-state index in [9.17, 15) is 0 Å². The lowest BCUT2D eigenvalue weighted by Gasteiger charge is -2.19. The zero-order chi connectivity index (χ0) is 38.2. The van der Waals surface area contributed by atoms with Crippen molar-refractivity contribution >= 4 is 65.4 Å². The van der Waals surface area contributed by atoms with Crippen LogP contribution >= 0.6 is 0 Å². The van der Waals surface area contributed by atoms with Crippen molar-refractivity contribution in [3.63, 3.8) is 0 Å². The molecule has 0 saturated heterocycles. The first-order valence-corrected chi connectivity index (χ1v) is 19.8. The van der Waals surface area contributed by atoms with Gasteiger partial charge in [-0.1, -0.05) is 164 Å². The van der Waals surface area contributed by atoms with E-state index in [-0.39, 0.29) is 0 Å². The number of furan rings is 2. The minimum atomic E-state index is 0.910. The first-order chi connectivity index (χ1) is 28.7. The molecule has 12 rings (SSSR count). The van der Waals surface area contributed by atoms with Crippen molar-refractivity contribution in [3.8, 4) is 55.6 Å². The molecule has 0 atom stereocenters. The summed E-state index contributed by atoms with van der Waals surface area (Å²) in [6, 6.07) is 74.3. The highest BCUT2D eigenvalue weighted by atomic mass is 16.3. The molecule has 2 heteroatoms. The van der Waals surface area contributed by atoms with Crippen molar-refractivity contribution in [2.75, 3.05) is 0 Å². The van der Waals surface area contributed by atoms with E-state index in [1.54, 1.807) is 0 Å². The van der Waals surface area contributed by atoms with Gasteiger partial charge in [-0.3, -0.25) is 0 Å². The van der Waals surface area contributed by atoms with E-state index in [0.29, 0.717) is 0 Å². The van der Waals surface area contributed by atoms with Crippen LogP contribution < -0.4 is 0 Å². The fraction of sp³-hybridized carbons (Fsp3) is 0. The smallest absolute Gasteiger partial charge is 0.135 e. The highest BCUT2D eigenvalue weighted by molar-refractivity contribution is 6.22. The van der Waals surface area contributed by atoms with Gasteiger partial charge in [-0.15, -0.1) is 0 Å². The standard InChI is InChI=1S/C56H34O2/c1-2-10-35(11-3-1)40-26-29-47-50(34-40)56(39-24-20-37(21-25-39)42-28-31-54-49(33-42)44-13-7-9-17-52(44)58-54)46-15-5-4-14-45(46)55(47)38-22-18-36(19-23-38)41-27-30-53-48(32-41)43-12-6-8-16-51(43)57-53/h1-34H. The Morgan fingerprint density at radius 2 is 0.517 bits per heavy atom. The zero-order valence-corrected chi connectivity index (χ0v) is 31.4. The second-order valence-corrected chi connectivity index (χ2v) is 15.2. The SMILES string of the molecule is c1ccc(-c2ccc3c(-c4ccc(-c5ccc6oc7ccccc7c6c5)cc4)c4ccccc4c(-c4ccc(-c5ccc6oc7ccccc7c6c5)cc4)c3c2)cc1. The van der Waals surface area contributed by atoms with Crippen LogP contribution in [0.25, 0.3) is 121 Å². The summed E-state index contributed by atoms with van der Waals surface area (Å²) >= 11 is 0. The molecule has 0 bridgehead atoms. The first kappa shape index (κ1) is 32.6. The molecule has 0 saturated carbocycles. The molecule has 0 N–H and O–H groups in total. The Bertz CT molecular complexity index is 3530. The summed E-state index contributed by atoms with van der Waals surface area (Å²) in [6.07, 6.45) is 0. The first-order valence-electron chi connectivity index (χ1n) is 19.8. The molecule has 0 spiro atoms. The van der Waals surface area contributed by atoms with Gasteiger partial charge in [0.15, 0.2) is 0 Å². The molecule has 2 nitrogen and oxygen atoms in total. The van der Waals surface area contributed by atoms with E-state index < -0.39 is 0 Å². The fourth-order valence-corrected chi connectivity index (χ4v) is 9.08. The maximum Gasteiger partial charge on any atom is 0.135 e. The molecule has 0 aliphatic carbocycles. The summed E-state index contributed by atoms with van der Waals surface area (Å²) < 4.78 is 12.3. The maximum absolute atomic E-state index is 6.13. The van der Waals surface area contributed by atoms with Gasteiger partial charge < -0.3 is 8.83 Å². The van der Waals surface area contributed by atoms with Crippen LogP contribution in [0.3, 0.4) is 0 Å².